The van der Waals surface area contributed by atoms with Crippen molar-refractivity contribution in [2.24, 2.45) is 5.92 Å². The van der Waals surface area contributed by atoms with E-state index in [9.17, 15) is 0 Å². The highest BCUT2D eigenvalue weighted by Gasteiger charge is 2.29. The highest BCUT2D eigenvalue weighted by atomic mass is 19.1. The van der Waals surface area contributed by atoms with Crippen LogP contribution in [0.4, 0.5) is 4.39 Å². The van der Waals surface area contributed by atoms with E-state index in [0.29, 0.717) is 16.8 Å². The smallest absolute Gasteiger partial charge is 0.217 e. The first-order valence-corrected chi connectivity index (χ1v) is 12.7. The van der Waals surface area contributed by atoms with Gasteiger partial charge in [-0.3, -0.25) is 10.1 Å². The number of benzene rings is 2. The summed E-state index contributed by atoms with van der Waals surface area (Å²) in [5.41, 5.74) is 10.4. The SMILES string of the molecule is C=C(C)/C=C/c1ccc(/C(=C(\c2cnc(CC)cc2C)C2CCC2)c2cccc3n[nH]c(F)c23)cc1. The van der Waals surface area contributed by atoms with Crippen LogP contribution in [-0.4, -0.2) is 15.2 Å². The maximum Gasteiger partial charge on any atom is 0.217 e. The summed E-state index contributed by atoms with van der Waals surface area (Å²) in [6, 6.07) is 16.6. The Morgan fingerprint density at radius 1 is 1.14 bits per heavy atom. The fourth-order valence-corrected chi connectivity index (χ4v) is 5.04. The molecule has 5 rings (SSSR count). The second kappa shape index (κ2) is 10.1. The van der Waals surface area contributed by atoms with Gasteiger partial charge < -0.3 is 0 Å². The number of nitrogens with one attached hydrogen (secondary N) is 1. The second-order valence-electron chi connectivity index (χ2n) is 9.80. The average Bonchev–Trinajstić information content (AvgIpc) is 3.23. The molecule has 1 N–H and O–H groups in total. The van der Waals surface area contributed by atoms with Crippen LogP contribution in [-0.2, 0) is 6.42 Å². The summed E-state index contributed by atoms with van der Waals surface area (Å²) < 4.78 is 15.1. The van der Waals surface area contributed by atoms with Crippen LogP contribution in [0.15, 0.2) is 73.0 Å². The minimum atomic E-state index is -0.400. The monoisotopic (exact) mass is 477 g/mol. The fourth-order valence-electron chi connectivity index (χ4n) is 5.04. The number of rotatable bonds is 7. The number of aryl methyl sites for hydroxylation is 2. The molecule has 2 aromatic carbocycles. The van der Waals surface area contributed by atoms with Crippen molar-refractivity contribution in [1.29, 1.82) is 0 Å². The van der Waals surface area contributed by atoms with Crippen LogP contribution in [0.25, 0.3) is 28.1 Å². The van der Waals surface area contributed by atoms with Gasteiger partial charge in [0.2, 0.25) is 5.95 Å². The second-order valence-corrected chi connectivity index (χ2v) is 9.80. The molecule has 0 amide bonds. The number of hydrogen-bond acceptors (Lipinski definition) is 2. The zero-order valence-electron chi connectivity index (χ0n) is 21.2. The molecule has 0 unspecified atom stereocenters. The van der Waals surface area contributed by atoms with Crippen LogP contribution in [0, 0.1) is 18.8 Å². The predicted molar refractivity (Wildman–Crippen MR) is 148 cm³/mol. The van der Waals surface area contributed by atoms with Crippen molar-refractivity contribution in [3.8, 4) is 0 Å². The number of allylic oxidation sites excluding steroid dienone is 3. The zero-order valence-corrected chi connectivity index (χ0v) is 21.2. The molecular formula is C32H32FN3. The first-order chi connectivity index (χ1) is 17.5. The van der Waals surface area contributed by atoms with Crippen molar-refractivity contribution < 1.29 is 4.39 Å². The van der Waals surface area contributed by atoms with Gasteiger partial charge in [-0.2, -0.15) is 9.49 Å². The van der Waals surface area contributed by atoms with E-state index in [1.807, 2.05) is 37.4 Å². The molecule has 36 heavy (non-hydrogen) atoms. The van der Waals surface area contributed by atoms with Crippen LogP contribution in [0.3, 0.4) is 0 Å². The largest absolute Gasteiger partial charge is 0.261 e. The van der Waals surface area contributed by atoms with E-state index in [0.717, 1.165) is 58.4 Å². The molecule has 4 aromatic rings. The minimum absolute atomic E-state index is 0.400. The highest BCUT2D eigenvalue weighted by molar-refractivity contribution is 6.06. The molecule has 1 saturated carbocycles. The number of H-pyrrole nitrogens is 1. The molecule has 0 bridgehead atoms. The van der Waals surface area contributed by atoms with Gasteiger partial charge in [0.1, 0.15) is 0 Å². The van der Waals surface area contributed by atoms with E-state index >= 15 is 4.39 Å². The molecule has 1 aliphatic carbocycles. The van der Waals surface area contributed by atoms with Crippen molar-refractivity contribution in [2.45, 2.75) is 46.5 Å². The molecule has 2 heterocycles. The van der Waals surface area contributed by atoms with Gasteiger partial charge in [0.25, 0.3) is 0 Å². The lowest BCUT2D eigenvalue weighted by Crippen LogP contribution is -2.16. The van der Waals surface area contributed by atoms with Gasteiger partial charge in [0.05, 0.1) is 10.9 Å². The summed E-state index contributed by atoms with van der Waals surface area (Å²) in [5, 5.41) is 7.30. The van der Waals surface area contributed by atoms with Gasteiger partial charge in [0.15, 0.2) is 0 Å². The Balaban J connectivity index is 1.80. The van der Waals surface area contributed by atoms with Crippen LogP contribution < -0.4 is 0 Å². The number of fused-ring (bicyclic) bond motifs is 1. The summed E-state index contributed by atoms with van der Waals surface area (Å²) in [5.74, 6) is 0.00410. The number of nitrogens with zero attached hydrogens (tertiary/aromatic N) is 2. The normalized spacial score (nSPS) is 14.8. The quantitative estimate of drug-likeness (QED) is 0.272. The molecule has 0 spiro atoms. The lowest BCUT2D eigenvalue weighted by molar-refractivity contribution is 0.401. The zero-order chi connectivity index (χ0) is 25.2. The summed E-state index contributed by atoms with van der Waals surface area (Å²) in [4.78, 5) is 4.77. The standard InChI is InChI=1S/C32H32FN3/c1-5-25-18-21(4)27(19-34-25)30(23-8-6-9-23)29(24-16-14-22(15-17-24)13-12-20(2)3)26-10-7-11-28-31(26)32(33)36-35-28/h7,10-19,23H,2,5-6,8-9H2,1,3-4H3,(H,35,36)/b13-12+,30-29+. The molecule has 182 valence electrons. The van der Waals surface area contributed by atoms with E-state index in [1.54, 1.807) is 0 Å². The van der Waals surface area contributed by atoms with Gasteiger partial charge in [0, 0.05) is 11.9 Å². The van der Waals surface area contributed by atoms with Gasteiger partial charge in [-0.1, -0.05) is 74.0 Å². The van der Waals surface area contributed by atoms with Crippen molar-refractivity contribution >= 4 is 28.1 Å². The average molecular weight is 478 g/mol. The number of hydrogen-bond donors (Lipinski definition) is 1. The first kappa shape index (κ1) is 23.9. The van der Waals surface area contributed by atoms with E-state index < -0.39 is 5.95 Å². The minimum Gasteiger partial charge on any atom is -0.261 e. The third kappa shape index (κ3) is 4.56. The van der Waals surface area contributed by atoms with Gasteiger partial charge in [-0.05, 0) is 90.1 Å². The Labute approximate surface area is 212 Å². The van der Waals surface area contributed by atoms with Crippen LogP contribution in [0.5, 0.6) is 0 Å². The van der Waals surface area contributed by atoms with E-state index in [1.165, 1.54) is 17.6 Å². The summed E-state index contributed by atoms with van der Waals surface area (Å²) >= 11 is 0. The number of halogens is 1. The molecule has 0 saturated heterocycles. The summed E-state index contributed by atoms with van der Waals surface area (Å²) in [6.07, 6.45) is 10.4. The maximum atomic E-state index is 15.1. The third-order valence-electron chi connectivity index (χ3n) is 7.17. The van der Waals surface area contributed by atoms with Crippen molar-refractivity contribution in [2.75, 3.05) is 0 Å². The summed E-state index contributed by atoms with van der Waals surface area (Å²) in [7, 11) is 0. The van der Waals surface area contributed by atoms with Crippen molar-refractivity contribution in [3.05, 3.63) is 112 Å². The van der Waals surface area contributed by atoms with Crippen LogP contribution in [0.1, 0.15) is 66.6 Å². The molecule has 0 atom stereocenters. The van der Waals surface area contributed by atoms with Crippen molar-refractivity contribution in [3.63, 3.8) is 0 Å². The van der Waals surface area contributed by atoms with Gasteiger partial charge in [-0.25, -0.2) is 0 Å². The molecule has 0 aliphatic heterocycles. The van der Waals surface area contributed by atoms with Crippen molar-refractivity contribution in [1.82, 2.24) is 15.2 Å². The number of aromatic nitrogens is 3. The van der Waals surface area contributed by atoms with Crippen LogP contribution >= 0.6 is 0 Å². The summed E-state index contributed by atoms with van der Waals surface area (Å²) in [6.45, 7) is 10.2. The molecule has 0 radical (unpaired) electrons. The Bertz CT molecular complexity index is 1480. The molecule has 1 fully saturated rings. The van der Waals surface area contributed by atoms with E-state index in [4.69, 9.17) is 4.98 Å². The van der Waals surface area contributed by atoms with Gasteiger partial charge >= 0.3 is 0 Å². The topological polar surface area (TPSA) is 41.6 Å². The number of aromatic amines is 1. The van der Waals surface area contributed by atoms with Gasteiger partial charge in [-0.15, -0.1) is 0 Å². The molecular weight excluding hydrogens is 445 g/mol. The highest BCUT2D eigenvalue weighted by Crippen LogP contribution is 2.47. The number of pyridine rings is 1. The lowest BCUT2D eigenvalue weighted by Gasteiger charge is -2.32. The van der Waals surface area contributed by atoms with Crippen LogP contribution in [0.2, 0.25) is 0 Å². The Hall–Kier alpha value is -3.79. The third-order valence-corrected chi connectivity index (χ3v) is 7.17. The molecule has 1 aliphatic rings. The Morgan fingerprint density at radius 2 is 1.92 bits per heavy atom. The first-order valence-electron chi connectivity index (χ1n) is 12.7. The Morgan fingerprint density at radius 3 is 2.56 bits per heavy atom. The Kier molecular flexibility index (Phi) is 6.69. The predicted octanol–water partition coefficient (Wildman–Crippen LogP) is 8.32. The molecule has 3 nitrogen and oxygen atoms in total. The van der Waals surface area contributed by atoms with E-state index in [-0.39, 0.29) is 0 Å². The fraction of sp³-hybridized carbons (Fsp3) is 0.250. The lowest BCUT2D eigenvalue weighted by atomic mass is 9.72. The molecule has 4 heteroatoms. The maximum absolute atomic E-state index is 15.1. The van der Waals surface area contributed by atoms with E-state index in [2.05, 4.69) is 67.0 Å². The molecule has 2 aromatic heterocycles.